The van der Waals surface area contributed by atoms with Gasteiger partial charge < -0.3 is 14.8 Å². The van der Waals surface area contributed by atoms with Crippen LogP contribution in [0.5, 0.6) is 0 Å². The molecule has 0 fully saturated rings. The van der Waals surface area contributed by atoms with Crippen LogP contribution in [0.25, 0.3) is 0 Å². The molecular formula is C11H22N2O2. The summed E-state index contributed by atoms with van der Waals surface area (Å²) < 4.78 is 10.6. The molecule has 0 amide bonds. The number of likely N-dealkylation sites (N-methyl/N-ethyl adjacent to an activating group) is 1. The molecule has 0 rings (SSSR count). The molecule has 88 valence electrons. The third-order valence-corrected chi connectivity index (χ3v) is 1.91. The lowest BCUT2D eigenvalue weighted by molar-refractivity contribution is 0.0430. The minimum absolute atomic E-state index is 0.203. The maximum atomic E-state index is 8.71. The summed E-state index contributed by atoms with van der Waals surface area (Å²) in [5.41, 5.74) is 0. The number of hydrogen-bond acceptors (Lipinski definition) is 4. The van der Waals surface area contributed by atoms with Crippen molar-refractivity contribution in [1.29, 1.82) is 5.26 Å². The Morgan fingerprint density at radius 1 is 1.20 bits per heavy atom. The van der Waals surface area contributed by atoms with Gasteiger partial charge in [0.1, 0.15) is 6.04 Å². The Balaban J connectivity index is 3.19. The third-order valence-electron chi connectivity index (χ3n) is 1.91. The molecule has 0 saturated carbocycles. The average molecular weight is 214 g/mol. The first-order valence-corrected chi connectivity index (χ1v) is 5.63. The van der Waals surface area contributed by atoms with Gasteiger partial charge in [-0.3, -0.25) is 0 Å². The van der Waals surface area contributed by atoms with Crippen molar-refractivity contribution in [2.45, 2.75) is 32.7 Å². The van der Waals surface area contributed by atoms with Crippen molar-refractivity contribution in [3.8, 4) is 6.07 Å². The molecule has 0 bridgehead atoms. The Morgan fingerprint density at radius 3 is 2.53 bits per heavy atom. The fraction of sp³-hybridized carbons (Fsp3) is 0.909. The molecule has 4 nitrogen and oxygen atoms in total. The van der Waals surface area contributed by atoms with E-state index >= 15 is 0 Å². The van der Waals surface area contributed by atoms with Crippen molar-refractivity contribution in [3.05, 3.63) is 0 Å². The van der Waals surface area contributed by atoms with E-state index in [0.29, 0.717) is 19.8 Å². The topological polar surface area (TPSA) is 54.3 Å². The largest absolute Gasteiger partial charge is 0.379 e. The first kappa shape index (κ1) is 14.4. The average Bonchev–Trinajstić information content (AvgIpc) is 2.26. The van der Waals surface area contributed by atoms with Crippen LogP contribution in [-0.4, -0.2) is 39.0 Å². The molecule has 0 heterocycles. The highest BCUT2D eigenvalue weighted by molar-refractivity contribution is 4.88. The number of ether oxygens (including phenoxy) is 2. The summed E-state index contributed by atoms with van der Waals surface area (Å²) >= 11 is 0. The fourth-order valence-electron chi connectivity index (χ4n) is 1.06. The van der Waals surface area contributed by atoms with E-state index in [4.69, 9.17) is 14.7 Å². The molecular weight excluding hydrogens is 192 g/mol. The molecule has 15 heavy (non-hydrogen) atoms. The van der Waals surface area contributed by atoms with Gasteiger partial charge in [-0.15, -0.1) is 0 Å². The van der Waals surface area contributed by atoms with Crippen molar-refractivity contribution in [1.82, 2.24) is 5.32 Å². The molecule has 0 saturated heterocycles. The Bertz CT molecular complexity index is 168. The van der Waals surface area contributed by atoms with Gasteiger partial charge in [0.2, 0.25) is 0 Å². The maximum Gasteiger partial charge on any atom is 0.119 e. The second-order valence-corrected chi connectivity index (χ2v) is 3.28. The zero-order valence-corrected chi connectivity index (χ0v) is 9.79. The molecule has 0 aliphatic rings. The van der Waals surface area contributed by atoms with E-state index in [0.717, 1.165) is 26.0 Å². The molecule has 0 aromatic carbocycles. The number of nitrogens with zero attached hydrogens (tertiary/aromatic N) is 1. The van der Waals surface area contributed by atoms with Crippen molar-refractivity contribution in [2.24, 2.45) is 0 Å². The van der Waals surface area contributed by atoms with Crippen LogP contribution < -0.4 is 5.32 Å². The van der Waals surface area contributed by atoms with Gasteiger partial charge >= 0.3 is 0 Å². The first-order chi connectivity index (χ1) is 7.35. The van der Waals surface area contributed by atoms with Crippen LogP contribution in [0.4, 0.5) is 0 Å². The summed E-state index contributed by atoms with van der Waals surface area (Å²) in [4.78, 5) is 0. The lowest BCUT2D eigenvalue weighted by atomic mass is 10.3. The van der Waals surface area contributed by atoms with E-state index in [1.807, 2.05) is 6.92 Å². The van der Waals surface area contributed by atoms with Gasteiger partial charge in [0.05, 0.1) is 25.9 Å². The number of nitriles is 1. The normalized spacial score (nSPS) is 12.3. The van der Waals surface area contributed by atoms with Crippen molar-refractivity contribution >= 4 is 0 Å². The smallest absolute Gasteiger partial charge is 0.119 e. The van der Waals surface area contributed by atoms with E-state index in [-0.39, 0.29) is 6.04 Å². The van der Waals surface area contributed by atoms with Crippen LogP contribution >= 0.6 is 0 Å². The second kappa shape index (κ2) is 11.4. The van der Waals surface area contributed by atoms with Crippen molar-refractivity contribution in [3.63, 3.8) is 0 Å². The van der Waals surface area contributed by atoms with Crippen LogP contribution in [0.15, 0.2) is 0 Å². The highest BCUT2D eigenvalue weighted by Crippen LogP contribution is 1.89. The summed E-state index contributed by atoms with van der Waals surface area (Å²) in [7, 11) is 0. The summed E-state index contributed by atoms with van der Waals surface area (Å²) in [6, 6.07) is 1.93. The van der Waals surface area contributed by atoms with Gasteiger partial charge in [-0.2, -0.15) is 5.26 Å². The molecule has 1 N–H and O–H groups in total. The molecule has 0 aliphatic carbocycles. The lowest BCUT2D eigenvalue weighted by Gasteiger charge is -2.10. The van der Waals surface area contributed by atoms with E-state index in [9.17, 15) is 0 Å². The minimum Gasteiger partial charge on any atom is -0.379 e. The van der Waals surface area contributed by atoms with Gasteiger partial charge in [-0.05, 0) is 13.0 Å². The van der Waals surface area contributed by atoms with Crippen LogP contribution in [0.2, 0.25) is 0 Å². The highest BCUT2D eigenvalue weighted by atomic mass is 16.5. The molecule has 0 aromatic rings. The van der Waals surface area contributed by atoms with Gasteiger partial charge in [-0.1, -0.05) is 20.3 Å². The predicted octanol–water partition coefficient (Wildman–Crippen LogP) is 1.32. The van der Waals surface area contributed by atoms with Crippen LogP contribution in [0, 0.1) is 11.3 Å². The van der Waals surface area contributed by atoms with E-state index in [1.54, 1.807) is 0 Å². The van der Waals surface area contributed by atoms with E-state index in [2.05, 4.69) is 18.3 Å². The molecule has 4 heteroatoms. The molecule has 0 radical (unpaired) electrons. The Morgan fingerprint density at radius 2 is 1.93 bits per heavy atom. The number of rotatable bonds is 10. The SMILES string of the molecule is CCCCOCCOCC(C#N)NCC. The van der Waals surface area contributed by atoms with E-state index in [1.165, 1.54) is 0 Å². The van der Waals surface area contributed by atoms with Crippen molar-refractivity contribution in [2.75, 3.05) is 33.0 Å². The van der Waals surface area contributed by atoms with Crippen LogP contribution in [-0.2, 0) is 9.47 Å². The van der Waals surface area contributed by atoms with Crippen molar-refractivity contribution < 1.29 is 9.47 Å². The number of nitrogens with one attached hydrogen (secondary N) is 1. The quantitative estimate of drug-likeness (QED) is 0.557. The highest BCUT2D eigenvalue weighted by Gasteiger charge is 2.03. The first-order valence-electron chi connectivity index (χ1n) is 5.63. The third kappa shape index (κ3) is 9.67. The molecule has 0 aliphatic heterocycles. The number of hydrogen-bond donors (Lipinski definition) is 1. The summed E-state index contributed by atoms with van der Waals surface area (Å²) in [6.45, 7) is 7.30. The Hall–Kier alpha value is -0.630. The van der Waals surface area contributed by atoms with Crippen LogP contribution in [0.1, 0.15) is 26.7 Å². The summed E-state index contributed by atoms with van der Waals surface area (Å²) in [6.07, 6.45) is 2.25. The maximum absolute atomic E-state index is 8.71. The van der Waals surface area contributed by atoms with Crippen LogP contribution in [0.3, 0.4) is 0 Å². The summed E-state index contributed by atoms with van der Waals surface area (Å²) in [5.74, 6) is 0. The minimum atomic E-state index is -0.203. The second-order valence-electron chi connectivity index (χ2n) is 3.28. The monoisotopic (exact) mass is 214 g/mol. The molecule has 1 atom stereocenters. The molecule has 1 unspecified atom stereocenters. The standard InChI is InChI=1S/C11H22N2O2/c1-3-5-6-14-7-8-15-10-11(9-12)13-4-2/h11,13H,3-8,10H2,1-2H3. The van der Waals surface area contributed by atoms with Gasteiger partial charge in [-0.25, -0.2) is 0 Å². The Kier molecular flexibility index (Phi) is 11.0. The number of unbranched alkanes of at least 4 members (excludes halogenated alkanes) is 1. The van der Waals surface area contributed by atoms with E-state index < -0.39 is 0 Å². The Labute approximate surface area is 92.6 Å². The molecule has 0 spiro atoms. The van der Waals surface area contributed by atoms with Gasteiger partial charge in [0.25, 0.3) is 0 Å². The zero-order valence-electron chi connectivity index (χ0n) is 9.79. The summed E-state index contributed by atoms with van der Waals surface area (Å²) in [5, 5.41) is 11.7. The molecule has 0 aromatic heterocycles. The fourth-order valence-corrected chi connectivity index (χ4v) is 1.06. The van der Waals surface area contributed by atoms with Gasteiger partial charge in [0.15, 0.2) is 0 Å². The van der Waals surface area contributed by atoms with Gasteiger partial charge in [0, 0.05) is 6.61 Å². The zero-order chi connectivity index (χ0) is 11.4. The lowest BCUT2D eigenvalue weighted by Crippen LogP contribution is -2.32. The predicted molar refractivity (Wildman–Crippen MR) is 59.6 cm³/mol.